The predicted molar refractivity (Wildman–Crippen MR) is 244 cm³/mol. The van der Waals surface area contributed by atoms with E-state index in [1.165, 1.54) is 43.7 Å². The third-order valence-electron chi connectivity index (χ3n) is 11.4. The van der Waals surface area contributed by atoms with Crippen molar-refractivity contribution in [2.45, 2.75) is 6.92 Å². The average Bonchev–Trinajstić information content (AvgIpc) is 3.81. The Kier molecular flexibility index (Phi) is 8.08. The molecule has 6 nitrogen and oxygen atoms in total. The molecule has 0 amide bonds. The fourth-order valence-electron chi connectivity index (χ4n) is 8.59. The molecule has 0 spiro atoms. The molecule has 11 aromatic rings. The van der Waals surface area contributed by atoms with Crippen molar-refractivity contribution in [1.82, 2.24) is 29.1 Å². The average molecular weight is 757 g/mol. The van der Waals surface area contributed by atoms with Crippen molar-refractivity contribution >= 4 is 60.5 Å². The van der Waals surface area contributed by atoms with Crippen molar-refractivity contribution in [3.8, 4) is 45.5 Å². The summed E-state index contributed by atoms with van der Waals surface area (Å²) in [5.41, 5.74) is 13.3. The van der Waals surface area contributed by atoms with E-state index in [-0.39, 0.29) is 0 Å². The normalized spacial score (nSPS) is 11.8. The quantitative estimate of drug-likeness (QED) is 0.152. The summed E-state index contributed by atoms with van der Waals surface area (Å²) in [7, 11) is 0. The van der Waals surface area contributed by atoms with E-state index in [1.807, 2.05) is 54.6 Å². The van der Waals surface area contributed by atoms with Crippen LogP contribution in [0.15, 0.2) is 189 Å². The van der Waals surface area contributed by atoms with Crippen molar-refractivity contribution in [2.24, 2.45) is 0 Å². The van der Waals surface area contributed by atoms with Crippen molar-refractivity contribution < 1.29 is 0 Å². The summed E-state index contributed by atoms with van der Waals surface area (Å²) in [6, 6.07) is 55.7. The minimum atomic E-state index is 0.565. The lowest BCUT2D eigenvalue weighted by molar-refractivity contribution is 0.988. The number of para-hydroxylation sites is 2. The monoisotopic (exact) mass is 756 g/mol. The molecule has 0 aliphatic heterocycles. The molecule has 0 atom stereocenters. The van der Waals surface area contributed by atoms with Gasteiger partial charge in [0.15, 0.2) is 0 Å². The number of benzene rings is 6. The smallest absolute Gasteiger partial charge is 0.235 e. The molecule has 6 aromatic carbocycles. The summed E-state index contributed by atoms with van der Waals surface area (Å²) in [5.74, 6) is 0.565. The molecule has 0 aliphatic carbocycles. The highest BCUT2D eigenvalue weighted by molar-refractivity contribution is 6.13. The maximum Gasteiger partial charge on any atom is 0.235 e. The number of hydrogen-bond donors (Lipinski definition) is 0. The van der Waals surface area contributed by atoms with Gasteiger partial charge in [0.1, 0.15) is 0 Å². The van der Waals surface area contributed by atoms with Crippen LogP contribution in [-0.2, 0) is 0 Å². The minimum Gasteiger partial charge on any atom is -0.309 e. The van der Waals surface area contributed by atoms with E-state index in [2.05, 4.69) is 154 Å². The van der Waals surface area contributed by atoms with Crippen molar-refractivity contribution in [3.05, 3.63) is 200 Å². The summed E-state index contributed by atoms with van der Waals surface area (Å²) in [6.45, 7) is 6.06. The lowest BCUT2D eigenvalue weighted by atomic mass is 9.99. The standard InChI is InChI=1S/C53H36N6/c1-3-4-13-35-20-21-36-22-25-39(32-42(36)34(35)2)58-49-18-7-5-14-40(49)43-30-37(23-26-51(43)58)38-24-27-52-44(31-38)41-15-6-8-19-50(41)59(52)53-56-47(45-16-9-11-28-54-45)33-48(57-53)46-17-10-12-29-55-46/h3-33H,1H2,2H3/b13-4-. The second-order valence-electron chi connectivity index (χ2n) is 14.8. The minimum absolute atomic E-state index is 0.565. The predicted octanol–water partition coefficient (Wildman–Crippen LogP) is 13.1. The summed E-state index contributed by atoms with van der Waals surface area (Å²) < 4.78 is 4.56. The molecule has 0 unspecified atom stereocenters. The maximum absolute atomic E-state index is 5.13. The van der Waals surface area contributed by atoms with Gasteiger partial charge in [-0.3, -0.25) is 14.5 Å². The first-order chi connectivity index (χ1) is 29.1. The third-order valence-corrected chi connectivity index (χ3v) is 11.4. The summed E-state index contributed by atoms with van der Waals surface area (Å²) in [4.78, 5) is 19.5. The number of hydrogen-bond acceptors (Lipinski definition) is 4. The zero-order chi connectivity index (χ0) is 39.5. The number of nitrogens with zero attached hydrogens (tertiary/aromatic N) is 6. The van der Waals surface area contributed by atoms with Crippen LogP contribution in [0.5, 0.6) is 0 Å². The van der Waals surface area contributed by atoms with E-state index in [9.17, 15) is 0 Å². The fraction of sp³-hybridized carbons (Fsp3) is 0.0189. The molecular weight excluding hydrogens is 721 g/mol. The Bertz CT molecular complexity index is 3410. The molecule has 0 fully saturated rings. The molecule has 0 radical (unpaired) electrons. The molecule has 0 N–H and O–H groups in total. The molecule has 278 valence electrons. The highest BCUT2D eigenvalue weighted by Crippen LogP contribution is 2.39. The summed E-state index contributed by atoms with van der Waals surface area (Å²) >= 11 is 0. The van der Waals surface area contributed by atoms with Gasteiger partial charge in [0.2, 0.25) is 5.95 Å². The van der Waals surface area contributed by atoms with Gasteiger partial charge in [0.25, 0.3) is 0 Å². The number of allylic oxidation sites excluding steroid dienone is 2. The molecule has 59 heavy (non-hydrogen) atoms. The first kappa shape index (κ1) is 34.3. The van der Waals surface area contributed by atoms with Crippen molar-refractivity contribution in [3.63, 3.8) is 0 Å². The molecule has 6 heteroatoms. The molecule has 0 aliphatic rings. The van der Waals surface area contributed by atoms with Crippen LogP contribution >= 0.6 is 0 Å². The summed E-state index contributed by atoms with van der Waals surface area (Å²) in [6.07, 6.45) is 9.52. The van der Waals surface area contributed by atoms with E-state index in [1.54, 1.807) is 12.4 Å². The van der Waals surface area contributed by atoms with Gasteiger partial charge in [-0.1, -0.05) is 104 Å². The zero-order valence-electron chi connectivity index (χ0n) is 32.3. The fourth-order valence-corrected chi connectivity index (χ4v) is 8.59. The van der Waals surface area contributed by atoms with Crippen molar-refractivity contribution in [2.75, 3.05) is 0 Å². The zero-order valence-corrected chi connectivity index (χ0v) is 32.3. The number of aromatic nitrogens is 6. The Hall–Kier alpha value is -7.96. The van der Waals surface area contributed by atoms with Crippen LogP contribution < -0.4 is 0 Å². The van der Waals surface area contributed by atoms with E-state index in [0.29, 0.717) is 5.95 Å². The van der Waals surface area contributed by atoms with Gasteiger partial charge < -0.3 is 4.57 Å². The number of fused-ring (bicyclic) bond motifs is 7. The Morgan fingerprint density at radius 2 is 1.03 bits per heavy atom. The number of aryl methyl sites for hydroxylation is 1. The maximum atomic E-state index is 5.13. The lowest BCUT2D eigenvalue weighted by Crippen LogP contribution is -2.04. The highest BCUT2D eigenvalue weighted by atomic mass is 15.2. The number of rotatable bonds is 7. The van der Waals surface area contributed by atoms with E-state index in [4.69, 9.17) is 9.97 Å². The SMILES string of the molecule is C=C/C=C\c1ccc2ccc(-n3c4ccccc4c4cc(-c5ccc6c(c5)c5ccccc5n6-c5nc(-c6ccccn6)cc(-c6ccccn6)n5)ccc43)cc2c1C. The third kappa shape index (κ3) is 5.72. The van der Waals surface area contributed by atoms with Crippen LogP contribution in [0.3, 0.4) is 0 Å². The molecule has 0 bridgehead atoms. The Labute approximate surface area is 340 Å². The molecule has 11 rings (SSSR count). The van der Waals surface area contributed by atoms with Crippen LogP contribution in [-0.4, -0.2) is 29.1 Å². The lowest BCUT2D eigenvalue weighted by Gasteiger charge is -2.12. The van der Waals surface area contributed by atoms with Crippen molar-refractivity contribution in [1.29, 1.82) is 0 Å². The van der Waals surface area contributed by atoms with E-state index in [0.717, 1.165) is 61.4 Å². The van der Waals surface area contributed by atoms with Gasteiger partial charge in [-0.15, -0.1) is 0 Å². The number of pyridine rings is 2. The Morgan fingerprint density at radius 1 is 0.475 bits per heavy atom. The first-order valence-corrected chi connectivity index (χ1v) is 19.7. The van der Waals surface area contributed by atoms with Gasteiger partial charge in [-0.2, -0.15) is 0 Å². The molecular formula is C53H36N6. The molecule has 0 saturated heterocycles. The van der Waals surface area contributed by atoms with Gasteiger partial charge >= 0.3 is 0 Å². The van der Waals surface area contributed by atoms with E-state index >= 15 is 0 Å². The van der Waals surface area contributed by atoms with Gasteiger partial charge in [-0.05, 0) is 119 Å². The Balaban J connectivity index is 1.07. The van der Waals surface area contributed by atoms with Gasteiger partial charge in [0.05, 0.1) is 44.8 Å². The first-order valence-electron chi connectivity index (χ1n) is 19.7. The second-order valence-corrected chi connectivity index (χ2v) is 14.8. The highest BCUT2D eigenvalue weighted by Gasteiger charge is 2.19. The molecule has 5 aromatic heterocycles. The van der Waals surface area contributed by atoms with Crippen LogP contribution in [0.2, 0.25) is 0 Å². The van der Waals surface area contributed by atoms with E-state index < -0.39 is 0 Å². The van der Waals surface area contributed by atoms with Gasteiger partial charge in [-0.25, -0.2) is 9.97 Å². The van der Waals surface area contributed by atoms with Crippen LogP contribution in [0.25, 0.3) is 106 Å². The molecule has 5 heterocycles. The molecule has 0 saturated carbocycles. The second kappa shape index (κ2) is 13.9. The van der Waals surface area contributed by atoms with Gasteiger partial charge in [0, 0.05) is 39.6 Å². The topological polar surface area (TPSA) is 61.4 Å². The van der Waals surface area contributed by atoms with Crippen LogP contribution in [0, 0.1) is 6.92 Å². The van der Waals surface area contributed by atoms with Crippen LogP contribution in [0.1, 0.15) is 11.1 Å². The largest absolute Gasteiger partial charge is 0.309 e. The Morgan fingerprint density at radius 3 is 1.64 bits per heavy atom. The summed E-state index contributed by atoms with van der Waals surface area (Å²) in [5, 5.41) is 7.15. The van der Waals surface area contributed by atoms with Crippen LogP contribution in [0.4, 0.5) is 0 Å².